The maximum atomic E-state index is 14.1. The second kappa shape index (κ2) is 10.2. The number of hydrogen-bond donors (Lipinski definition) is 0. The van der Waals surface area contributed by atoms with E-state index in [1.165, 1.54) is 6.07 Å². The summed E-state index contributed by atoms with van der Waals surface area (Å²) in [5, 5.41) is 0. The molecule has 1 atom stereocenters. The van der Waals surface area contributed by atoms with E-state index in [2.05, 4.69) is 24.8 Å². The maximum absolute atomic E-state index is 14.1. The minimum atomic E-state index is -0.417. The molecule has 8 nitrogen and oxygen atoms in total. The van der Waals surface area contributed by atoms with Crippen LogP contribution in [0, 0.1) is 5.82 Å². The molecule has 2 aliphatic heterocycles. The monoisotopic (exact) mass is 450 g/mol. The van der Waals surface area contributed by atoms with Gasteiger partial charge in [0.25, 0.3) is 0 Å². The van der Waals surface area contributed by atoms with E-state index < -0.39 is 5.82 Å². The Kier molecular flexibility index (Phi) is 6.68. The van der Waals surface area contributed by atoms with Gasteiger partial charge >= 0.3 is 0 Å². The zero-order valence-electron chi connectivity index (χ0n) is 18.4. The summed E-state index contributed by atoms with van der Waals surface area (Å²) in [7, 11) is 0. The number of nitrogens with zero attached hydrogens (tertiary/aromatic N) is 6. The molecule has 1 aromatic carbocycles. The maximum Gasteiger partial charge on any atom is 0.241 e. The van der Waals surface area contributed by atoms with Gasteiger partial charge in [0, 0.05) is 50.7 Å². The molecule has 33 heavy (non-hydrogen) atoms. The molecular weight excluding hydrogens is 423 g/mol. The Morgan fingerprint density at radius 2 is 1.85 bits per heavy atom. The molecule has 2 aliphatic rings. The summed E-state index contributed by atoms with van der Waals surface area (Å²) in [5.41, 5.74) is 1.76. The summed E-state index contributed by atoms with van der Waals surface area (Å²) in [5.74, 6) is 1.02. The van der Waals surface area contributed by atoms with Crippen LogP contribution in [-0.2, 0) is 11.3 Å². The number of morpholine rings is 1. The van der Waals surface area contributed by atoms with Gasteiger partial charge in [0.15, 0.2) is 11.6 Å². The lowest BCUT2D eigenvalue weighted by Crippen LogP contribution is -2.38. The third-order valence-electron chi connectivity index (χ3n) is 6.01. The number of hydrogen-bond acceptors (Lipinski definition) is 8. The molecule has 3 aromatic rings. The summed E-state index contributed by atoms with van der Waals surface area (Å²) in [6.45, 7) is 5.56. The number of aromatic nitrogens is 4. The van der Waals surface area contributed by atoms with Crippen molar-refractivity contribution in [2.24, 2.45) is 0 Å². The molecule has 2 fully saturated rings. The molecule has 4 heterocycles. The van der Waals surface area contributed by atoms with E-state index in [9.17, 15) is 4.39 Å². The lowest BCUT2D eigenvalue weighted by Gasteiger charge is -2.32. The largest absolute Gasteiger partial charge is 0.434 e. The highest BCUT2D eigenvalue weighted by atomic mass is 19.1. The van der Waals surface area contributed by atoms with Crippen LogP contribution in [-0.4, -0.2) is 64.2 Å². The van der Waals surface area contributed by atoms with E-state index in [0.717, 1.165) is 62.9 Å². The van der Waals surface area contributed by atoms with Gasteiger partial charge in [-0.25, -0.2) is 19.3 Å². The molecule has 172 valence electrons. The fourth-order valence-corrected chi connectivity index (χ4v) is 4.37. The van der Waals surface area contributed by atoms with Crippen molar-refractivity contribution < 1.29 is 13.9 Å². The van der Waals surface area contributed by atoms with Crippen LogP contribution in [0.4, 0.5) is 10.3 Å². The highest BCUT2D eigenvalue weighted by Crippen LogP contribution is 2.33. The van der Waals surface area contributed by atoms with Crippen LogP contribution in [0.3, 0.4) is 0 Å². The molecule has 0 spiro atoms. The Bertz CT molecular complexity index is 1080. The summed E-state index contributed by atoms with van der Waals surface area (Å²) in [4.78, 5) is 22.7. The number of rotatable bonds is 6. The van der Waals surface area contributed by atoms with Crippen LogP contribution in [0.25, 0.3) is 0 Å². The molecule has 0 aliphatic carbocycles. The van der Waals surface area contributed by atoms with Crippen molar-refractivity contribution in [1.82, 2.24) is 24.8 Å². The summed E-state index contributed by atoms with van der Waals surface area (Å²) in [6, 6.07) is 8.32. The van der Waals surface area contributed by atoms with Crippen molar-refractivity contribution in [1.29, 1.82) is 0 Å². The van der Waals surface area contributed by atoms with Crippen LogP contribution in [0.5, 0.6) is 11.6 Å². The lowest BCUT2D eigenvalue weighted by atomic mass is 9.94. The van der Waals surface area contributed by atoms with Gasteiger partial charge in [0.2, 0.25) is 11.8 Å². The molecule has 9 heteroatoms. The Morgan fingerprint density at radius 1 is 1.00 bits per heavy atom. The van der Waals surface area contributed by atoms with E-state index in [-0.39, 0.29) is 11.7 Å². The van der Waals surface area contributed by atoms with Crippen molar-refractivity contribution in [2.45, 2.75) is 25.3 Å². The Balaban J connectivity index is 1.29. The smallest absolute Gasteiger partial charge is 0.241 e. The predicted molar refractivity (Wildman–Crippen MR) is 121 cm³/mol. The molecule has 2 saturated heterocycles. The van der Waals surface area contributed by atoms with Gasteiger partial charge in [0.05, 0.1) is 18.9 Å². The fraction of sp³-hybridized carbons (Fsp3) is 0.417. The summed E-state index contributed by atoms with van der Waals surface area (Å²) in [6.07, 6.45) is 7.08. The van der Waals surface area contributed by atoms with Crippen LogP contribution < -0.4 is 9.64 Å². The first-order chi connectivity index (χ1) is 16.3. The Hall–Kier alpha value is -3.17. The Morgan fingerprint density at radius 3 is 2.73 bits per heavy atom. The first kappa shape index (κ1) is 21.7. The molecule has 0 amide bonds. The minimum Gasteiger partial charge on any atom is -0.434 e. The molecule has 0 unspecified atom stereocenters. The average Bonchev–Trinajstić information content (AvgIpc) is 2.87. The summed E-state index contributed by atoms with van der Waals surface area (Å²) >= 11 is 0. The Labute approximate surface area is 192 Å². The molecule has 0 bridgehead atoms. The topological polar surface area (TPSA) is 76.5 Å². The van der Waals surface area contributed by atoms with Gasteiger partial charge in [-0.3, -0.25) is 9.88 Å². The standard InChI is InChI=1S/C24H27FN6O2/c25-20-5-1-2-6-21(20)33-23-22(26-9-10-27-23)18-4-3-11-30(16-18)17-19-7-8-28-24(29-19)31-12-14-32-15-13-31/h1-2,5-10,18H,3-4,11-17H2/t18-/m0/s1. The first-order valence-electron chi connectivity index (χ1n) is 11.4. The molecule has 0 saturated carbocycles. The van der Waals surface area contributed by atoms with Gasteiger partial charge in [-0.2, -0.15) is 0 Å². The van der Waals surface area contributed by atoms with Crippen LogP contribution >= 0.6 is 0 Å². The second-order valence-electron chi connectivity index (χ2n) is 8.30. The van der Waals surface area contributed by atoms with Gasteiger partial charge in [-0.05, 0) is 37.6 Å². The van der Waals surface area contributed by atoms with Gasteiger partial charge < -0.3 is 14.4 Å². The molecule has 0 N–H and O–H groups in total. The number of para-hydroxylation sites is 1. The number of benzene rings is 1. The van der Waals surface area contributed by atoms with Crippen molar-refractivity contribution >= 4 is 5.95 Å². The number of likely N-dealkylation sites (tertiary alicyclic amines) is 1. The van der Waals surface area contributed by atoms with E-state index in [4.69, 9.17) is 14.5 Å². The zero-order chi connectivity index (χ0) is 22.5. The normalized spacial score (nSPS) is 19.4. The van der Waals surface area contributed by atoms with E-state index in [0.29, 0.717) is 19.1 Å². The number of ether oxygens (including phenoxy) is 2. The van der Waals surface area contributed by atoms with Gasteiger partial charge in [0.1, 0.15) is 5.69 Å². The number of anilines is 1. The quantitative estimate of drug-likeness (QED) is 0.566. The van der Waals surface area contributed by atoms with E-state index in [1.807, 2.05) is 12.3 Å². The zero-order valence-corrected chi connectivity index (χ0v) is 18.4. The molecule has 0 radical (unpaired) electrons. The van der Waals surface area contributed by atoms with Gasteiger partial charge in [-0.15, -0.1) is 0 Å². The van der Waals surface area contributed by atoms with Crippen molar-refractivity contribution in [3.63, 3.8) is 0 Å². The number of halogens is 1. The van der Waals surface area contributed by atoms with E-state index in [1.54, 1.807) is 30.6 Å². The number of piperidine rings is 1. The molecular formula is C24H27FN6O2. The third kappa shape index (κ3) is 5.26. The minimum absolute atomic E-state index is 0.148. The fourth-order valence-electron chi connectivity index (χ4n) is 4.37. The third-order valence-corrected chi connectivity index (χ3v) is 6.01. The SMILES string of the molecule is Fc1ccccc1Oc1nccnc1[C@H]1CCCN(Cc2ccnc(N3CCOCC3)n2)C1. The van der Waals surface area contributed by atoms with Crippen LogP contribution in [0.15, 0.2) is 48.9 Å². The van der Waals surface area contributed by atoms with Crippen molar-refractivity contribution in [3.8, 4) is 11.6 Å². The molecule has 2 aromatic heterocycles. The van der Waals surface area contributed by atoms with E-state index >= 15 is 0 Å². The van der Waals surface area contributed by atoms with Crippen molar-refractivity contribution in [3.05, 3.63) is 66.1 Å². The van der Waals surface area contributed by atoms with Crippen LogP contribution in [0.1, 0.15) is 30.1 Å². The first-order valence-corrected chi connectivity index (χ1v) is 11.4. The lowest BCUT2D eigenvalue weighted by molar-refractivity contribution is 0.122. The average molecular weight is 451 g/mol. The second-order valence-corrected chi connectivity index (χ2v) is 8.30. The highest BCUT2D eigenvalue weighted by Gasteiger charge is 2.27. The van der Waals surface area contributed by atoms with Gasteiger partial charge in [-0.1, -0.05) is 12.1 Å². The van der Waals surface area contributed by atoms with Crippen LogP contribution in [0.2, 0.25) is 0 Å². The van der Waals surface area contributed by atoms with Crippen molar-refractivity contribution in [2.75, 3.05) is 44.3 Å². The predicted octanol–water partition coefficient (Wildman–Crippen LogP) is 3.41. The molecule has 5 rings (SSSR count). The highest BCUT2D eigenvalue weighted by molar-refractivity contribution is 5.32. The summed E-state index contributed by atoms with van der Waals surface area (Å²) < 4.78 is 25.4.